The van der Waals surface area contributed by atoms with Gasteiger partial charge in [-0.15, -0.1) is 11.3 Å². The maximum absolute atomic E-state index is 12.7. The van der Waals surface area contributed by atoms with Crippen LogP contribution in [0.25, 0.3) is 0 Å². The second kappa shape index (κ2) is 9.33. The van der Waals surface area contributed by atoms with Crippen LogP contribution < -0.4 is 10.2 Å². The van der Waals surface area contributed by atoms with Crippen molar-refractivity contribution in [3.63, 3.8) is 0 Å². The third-order valence-corrected chi connectivity index (χ3v) is 6.28. The first-order chi connectivity index (χ1) is 13.1. The van der Waals surface area contributed by atoms with Crippen LogP contribution in [0.1, 0.15) is 45.7 Å². The molecule has 1 amide bonds. The lowest BCUT2D eigenvalue weighted by atomic mass is 10.1. The van der Waals surface area contributed by atoms with E-state index >= 15 is 0 Å². The van der Waals surface area contributed by atoms with E-state index < -0.39 is 0 Å². The molecular formula is C21H30N4OS. The summed E-state index contributed by atoms with van der Waals surface area (Å²) in [6, 6.07) is 8.39. The SMILES string of the molecule is CCCCc1nc(C)c(C(=O)NCc2ccccc2N2CCN(C)CC2)s1. The van der Waals surface area contributed by atoms with Crippen molar-refractivity contribution in [1.29, 1.82) is 0 Å². The number of para-hydroxylation sites is 1. The molecule has 0 unspecified atom stereocenters. The molecule has 0 aliphatic carbocycles. The molecule has 1 aromatic heterocycles. The van der Waals surface area contributed by atoms with Crippen LogP contribution in [0, 0.1) is 6.92 Å². The summed E-state index contributed by atoms with van der Waals surface area (Å²) in [5.74, 6) is -0.0130. The number of amides is 1. The summed E-state index contributed by atoms with van der Waals surface area (Å²) in [5, 5.41) is 4.18. The van der Waals surface area contributed by atoms with Crippen LogP contribution in [0.3, 0.4) is 0 Å². The maximum atomic E-state index is 12.7. The number of benzene rings is 1. The molecule has 2 aromatic rings. The second-order valence-corrected chi connectivity index (χ2v) is 8.31. The van der Waals surface area contributed by atoms with Gasteiger partial charge >= 0.3 is 0 Å². The number of piperazine rings is 1. The third-order valence-electron chi connectivity index (χ3n) is 5.07. The fourth-order valence-corrected chi connectivity index (χ4v) is 4.39. The van der Waals surface area contributed by atoms with Crippen LogP contribution in [0.15, 0.2) is 24.3 Å². The van der Waals surface area contributed by atoms with Crippen molar-refractivity contribution in [2.45, 2.75) is 39.7 Å². The molecule has 1 fully saturated rings. The number of hydrogen-bond donors (Lipinski definition) is 1. The van der Waals surface area contributed by atoms with E-state index in [1.54, 1.807) is 0 Å². The van der Waals surface area contributed by atoms with E-state index in [-0.39, 0.29) is 5.91 Å². The number of nitrogens with one attached hydrogen (secondary N) is 1. The molecule has 1 aliphatic heterocycles. The van der Waals surface area contributed by atoms with Crippen LogP contribution in [0.5, 0.6) is 0 Å². The first-order valence-electron chi connectivity index (χ1n) is 9.84. The van der Waals surface area contributed by atoms with Crippen molar-refractivity contribution in [1.82, 2.24) is 15.2 Å². The predicted octanol–water partition coefficient (Wildman–Crippen LogP) is 3.48. The summed E-state index contributed by atoms with van der Waals surface area (Å²) >= 11 is 1.54. The Morgan fingerprint density at radius 3 is 2.70 bits per heavy atom. The van der Waals surface area contributed by atoms with Gasteiger partial charge < -0.3 is 15.1 Å². The van der Waals surface area contributed by atoms with Gasteiger partial charge in [0.25, 0.3) is 5.91 Å². The average molecular weight is 387 g/mol. The van der Waals surface area contributed by atoms with E-state index in [0.717, 1.165) is 61.0 Å². The van der Waals surface area contributed by atoms with Gasteiger partial charge in [-0.05, 0) is 38.4 Å². The molecule has 3 rings (SSSR count). The number of unbranched alkanes of at least 4 members (excludes halogenated alkanes) is 1. The van der Waals surface area contributed by atoms with Crippen molar-refractivity contribution < 1.29 is 4.79 Å². The largest absolute Gasteiger partial charge is 0.369 e. The number of thiazole rings is 1. The van der Waals surface area contributed by atoms with E-state index in [1.165, 1.54) is 22.6 Å². The van der Waals surface area contributed by atoms with Gasteiger partial charge in [-0.2, -0.15) is 0 Å². The van der Waals surface area contributed by atoms with Gasteiger partial charge in [-0.1, -0.05) is 31.5 Å². The summed E-state index contributed by atoms with van der Waals surface area (Å²) in [7, 11) is 2.16. The Bertz CT molecular complexity index is 765. The van der Waals surface area contributed by atoms with Gasteiger partial charge in [0.15, 0.2) is 0 Å². The Labute approximate surface area is 166 Å². The highest BCUT2D eigenvalue weighted by Crippen LogP contribution is 2.23. The highest BCUT2D eigenvalue weighted by Gasteiger charge is 2.18. The molecule has 27 heavy (non-hydrogen) atoms. The van der Waals surface area contributed by atoms with Crippen molar-refractivity contribution in [3.05, 3.63) is 45.4 Å². The zero-order valence-corrected chi connectivity index (χ0v) is 17.4. The molecule has 0 atom stereocenters. The van der Waals surface area contributed by atoms with E-state index in [9.17, 15) is 4.79 Å². The van der Waals surface area contributed by atoms with Crippen LogP contribution in [-0.4, -0.2) is 49.0 Å². The van der Waals surface area contributed by atoms with E-state index in [1.807, 2.05) is 13.0 Å². The van der Waals surface area contributed by atoms with E-state index in [0.29, 0.717) is 6.54 Å². The van der Waals surface area contributed by atoms with Gasteiger partial charge in [0, 0.05) is 38.4 Å². The molecule has 1 aliphatic rings. The predicted molar refractivity (Wildman–Crippen MR) is 113 cm³/mol. The molecule has 1 N–H and O–H groups in total. The lowest BCUT2D eigenvalue weighted by Crippen LogP contribution is -2.45. The van der Waals surface area contributed by atoms with Crippen LogP contribution >= 0.6 is 11.3 Å². The number of carbonyl (C=O) groups excluding carboxylic acids is 1. The van der Waals surface area contributed by atoms with Crippen LogP contribution in [-0.2, 0) is 13.0 Å². The molecule has 0 bridgehead atoms. The standard InChI is InChI=1S/C21H30N4OS/c1-4-5-10-19-23-16(2)20(27-19)21(26)22-15-17-8-6-7-9-18(17)25-13-11-24(3)12-14-25/h6-9H,4-5,10-15H2,1-3H3,(H,22,26). The zero-order chi connectivity index (χ0) is 19.2. The van der Waals surface area contributed by atoms with Gasteiger partial charge in [-0.25, -0.2) is 4.98 Å². The summed E-state index contributed by atoms with van der Waals surface area (Å²) in [6.45, 7) is 8.84. The molecule has 5 nitrogen and oxygen atoms in total. The Kier molecular flexibility index (Phi) is 6.85. The summed E-state index contributed by atoms with van der Waals surface area (Å²) in [5.41, 5.74) is 3.25. The minimum atomic E-state index is -0.0130. The summed E-state index contributed by atoms with van der Waals surface area (Å²) in [6.07, 6.45) is 3.22. The van der Waals surface area contributed by atoms with Crippen LogP contribution in [0.2, 0.25) is 0 Å². The van der Waals surface area contributed by atoms with Crippen molar-refractivity contribution in [3.8, 4) is 0 Å². The van der Waals surface area contributed by atoms with E-state index in [4.69, 9.17) is 0 Å². The fourth-order valence-electron chi connectivity index (χ4n) is 3.37. The molecule has 2 heterocycles. The number of hydrogen-bond acceptors (Lipinski definition) is 5. The lowest BCUT2D eigenvalue weighted by molar-refractivity contribution is 0.0954. The number of carbonyl (C=O) groups is 1. The van der Waals surface area contributed by atoms with Gasteiger partial charge in [0.2, 0.25) is 0 Å². The third kappa shape index (κ3) is 5.08. The second-order valence-electron chi connectivity index (χ2n) is 7.23. The number of rotatable bonds is 7. The minimum Gasteiger partial charge on any atom is -0.369 e. The van der Waals surface area contributed by atoms with Crippen molar-refractivity contribution in [2.75, 3.05) is 38.1 Å². The molecule has 6 heteroatoms. The molecule has 1 saturated heterocycles. The lowest BCUT2D eigenvalue weighted by Gasteiger charge is -2.35. The molecule has 0 radical (unpaired) electrons. The molecule has 0 saturated carbocycles. The molecule has 1 aromatic carbocycles. The van der Waals surface area contributed by atoms with E-state index in [2.05, 4.69) is 52.3 Å². The number of anilines is 1. The molecule has 0 spiro atoms. The smallest absolute Gasteiger partial charge is 0.263 e. The Morgan fingerprint density at radius 2 is 1.96 bits per heavy atom. The number of aryl methyl sites for hydroxylation is 2. The summed E-state index contributed by atoms with van der Waals surface area (Å²) in [4.78, 5) is 22.8. The molecular weight excluding hydrogens is 356 g/mol. The number of nitrogens with zero attached hydrogens (tertiary/aromatic N) is 3. The fraction of sp³-hybridized carbons (Fsp3) is 0.524. The maximum Gasteiger partial charge on any atom is 0.263 e. The zero-order valence-electron chi connectivity index (χ0n) is 16.6. The Balaban J connectivity index is 1.65. The topological polar surface area (TPSA) is 48.5 Å². The number of likely N-dealkylation sites (N-methyl/N-ethyl adjacent to an activating group) is 1. The monoisotopic (exact) mass is 386 g/mol. The van der Waals surface area contributed by atoms with Gasteiger partial charge in [-0.3, -0.25) is 4.79 Å². The highest BCUT2D eigenvalue weighted by atomic mass is 32.1. The Morgan fingerprint density at radius 1 is 1.22 bits per heavy atom. The van der Waals surface area contributed by atoms with Crippen molar-refractivity contribution >= 4 is 22.9 Å². The quantitative estimate of drug-likeness (QED) is 0.791. The average Bonchev–Trinajstić information content (AvgIpc) is 3.06. The normalized spacial score (nSPS) is 15.1. The van der Waals surface area contributed by atoms with Crippen molar-refractivity contribution in [2.24, 2.45) is 0 Å². The first-order valence-corrected chi connectivity index (χ1v) is 10.7. The number of aromatic nitrogens is 1. The summed E-state index contributed by atoms with van der Waals surface area (Å²) < 4.78 is 0. The highest BCUT2D eigenvalue weighted by molar-refractivity contribution is 7.13. The minimum absolute atomic E-state index is 0.0130. The first kappa shape index (κ1) is 19.8. The van der Waals surface area contributed by atoms with Gasteiger partial charge in [0.1, 0.15) is 4.88 Å². The van der Waals surface area contributed by atoms with Crippen LogP contribution in [0.4, 0.5) is 5.69 Å². The molecule has 146 valence electrons. The Hall–Kier alpha value is -1.92. The van der Waals surface area contributed by atoms with Gasteiger partial charge in [0.05, 0.1) is 10.7 Å².